The lowest BCUT2D eigenvalue weighted by Gasteiger charge is -2.08. The van der Waals surface area contributed by atoms with Gasteiger partial charge in [0, 0.05) is 11.9 Å². The highest BCUT2D eigenvalue weighted by atomic mass is 32.1. The summed E-state index contributed by atoms with van der Waals surface area (Å²) >= 11 is 3.18. The third kappa shape index (κ3) is 2.81. The number of thiazole rings is 1. The van der Waals surface area contributed by atoms with E-state index in [0.717, 1.165) is 22.8 Å². The van der Waals surface area contributed by atoms with Gasteiger partial charge in [-0.05, 0) is 28.8 Å². The van der Waals surface area contributed by atoms with Crippen molar-refractivity contribution in [1.82, 2.24) is 4.98 Å². The van der Waals surface area contributed by atoms with Gasteiger partial charge >= 0.3 is 0 Å². The number of aliphatic hydroxyl groups excluding tert-OH is 1. The van der Waals surface area contributed by atoms with Gasteiger partial charge in [-0.15, -0.1) is 11.3 Å². The van der Waals surface area contributed by atoms with E-state index in [1.54, 1.807) is 22.7 Å². The van der Waals surface area contributed by atoms with Crippen LogP contribution in [0.3, 0.4) is 0 Å². The molecule has 2 rings (SSSR count). The fourth-order valence-corrected chi connectivity index (χ4v) is 2.83. The van der Waals surface area contributed by atoms with E-state index in [2.05, 4.69) is 17.2 Å². The van der Waals surface area contributed by atoms with Crippen LogP contribution >= 0.6 is 22.7 Å². The van der Waals surface area contributed by atoms with Crippen LogP contribution < -0.4 is 5.32 Å². The molecule has 2 heterocycles. The lowest BCUT2D eigenvalue weighted by molar-refractivity contribution is 0.192. The molecule has 0 saturated carbocycles. The summed E-state index contributed by atoms with van der Waals surface area (Å²) in [4.78, 5) is 4.38. The average Bonchev–Trinajstić information content (AvgIpc) is 2.96. The first kappa shape index (κ1) is 11.6. The van der Waals surface area contributed by atoms with E-state index in [1.807, 2.05) is 22.2 Å². The second kappa shape index (κ2) is 5.43. The summed E-state index contributed by atoms with van der Waals surface area (Å²) in [6, 6.07) is 1.94. The number of aromatic nitrogens is 1. The highest BCUT2D eigenvalue weighted by molar-refractivity contribution is 7.13. The van der Waals surface area contributed by atoms with Gasteiger partial charge in [-0.1, -0.05) is 6.92 Å². The van der Waals surface area contributed by atoms with Gasteiger partial charge in [0.05, 0.1) is 11.8 Å². The molecule has 3 nitrogen and oxygen atoms in total. The topological polar surface area (TPSA) is 45.1 Å². The van der Waals surface area contributed by atoms with Crippen LogP contribution in [0.5, 0.6) is 0 Å². The molecule has 0 fully saturated rings. The second-order valence-electron chi connectivity index (χ2n) is 3.45. The van der Waals surface area contributed by atoms with E-state index in [-0.39, 0.29) is 0 Å². The average molecular weight is 254 g/mol. The lowest BCUT2D eigenvalue weighted by Crippen LogP contribution is -2.11. The number of aliphatic hydroxyl groups is 1. The quantitative estimate of drug-likeness (QED) is 0.862. The van der Waals surface area contributed by atoms with Crippen molar-refractivity contribution in [3.63, 3.8) is 0 Å². The van der Waals surface area contributed by atoms with Crippen molar-refractivity contribution >= 4 is 27.8 Å². The molecule has 2 N–H and O–H groups in total. The Bertz CT molecular complexity index is 425. The number of hydrogen-bond donors (Lipinski definition) is 2. The van der Waals surface area contributed by atoms with Crippen molar-refractivity contribution in [2.75, 3.05) is 11.9 Å². The summed E-state index contributed by atoms with van der Waals surface area (Å²) in [5, 5.41) is 19.9. The summed E-state index contributed by atoms with van der Waals surface area (Å²) in [5.74, 6) is 0. The zero-order chi connectivity index (χ0) is 11.4. The van der Waals surface area contributed by atoms with E-state index >= 15 is 0 Å². The third-order valence-electron chi connectivity index (χ3n) is 2.29. The van der Waals surface area contributed by atoms with Gasteiger partial charge in [-0.25, -0.2) is 4.98 Å². The van der Waals surface area contributed by atoms with Gasteiger partial charge in [-0.2, -0.15) is 11.3 Å². The van der Waals surface area contributed by atoms with Crippen LogP contribution in [0.25, 0.3) is 0 Å². The van der Waals surface area contributed by atoms with Gasteiger partial charge < -0.3 is 10.4 Å². The van der Waals surface area contributed by atoms with Gasteiger partial charge in [-0.3, -0.25) is 0 Å². The molecule has 0 aliphatic heterocycles. The molecule has 2 aromatic rings. The smallest absolute Gasteiger partial charge is 0.182 e. The monoisotopic (exact) mass is 254 g/mol. The summed E-state index contributed by atoms with van der Waals surface area (Å²) < 4.78 is 0. The Morgan fingerprint density at radius 3 is 3.00 bits per heavy atom. The summed E-state index contributed by atoms with van der Waals surface area (Å²) in [6.45, 7) is 2.59. The first-order chi connectivity index (χ1) is 7.79. The Balaban J connectivity index is 1.87. The molecule has 86 valence electrons. The van der Waals surface area contributed by atoms with Crippen molar-refractivity contribution in [2.24, 2.45) is 0 Å². The number of nitrogens with one attached hydrogen (secondary N) is 1. The highest BCUT2D eigenvalue weighted by Gasteiger charge is 2.08. The van der Waals surface area contributed by atoms with Crippen LogP contribution in [0.2, 0.25) is 0 Å². The number of aryl methyl sites for hydroxylation is 1. The first-order valence-electron chi connectivity index (χ1n) is 5.18. The molecule has 0 aliphatic rings. The Hall–Kier alpha value is -0.910. The minimum absolute atomic E-state index is 0.458. The lowest BCUT2D eigenvalue weighted by atomic mass is 10.2. The fourth-order valence-electron chi connectivity index (χ4n) is 1.32. The van der Waals surface area contributed by atoms with Crippen LogP contribution in [-0.4, -0.2) is 16.6 Å². The number of hydrogen-bond acceptors (Lipinski definition) is 5. The molecular formula is C11H14N2OS2. The Morgan fingerprint density at radius 1 is 1.50 bits per heavy atom. The van der Waals surface area contributed by atoms with Crippen LogP contribution in [0.1, 0.15) is 24.3 Å². The summed E-state index contributed by atoms with van der Waals surface area (Å²) in [5.41, 5.74) is 2.06. The standard InChI is InChI=1S/C11H14N2OS2/c1-2-9-7-16-11(13-9)12-5-10(14)8-3-4-15-6-8/h3-4,6-7,10,14H,2,5H2,1H3,(H,12,13). The number of nitrogens with zero attached hydrogens (tertiary/aromatic N) is 1. The van der Waals surface area contributed by atoms with Gasteiger partial charge in [0.1, 0.15) is 0 Å². The highest BCUT2D eigenvalue weighted by Crippen LogP contribution is 2.19. The van der Waals surface area contributed by atoms with E-state index in [1.165, 1.54) is 0 Å². The van der Waals surface area contributed by atoms with E-state index < -0.39 is 6.10 Å². The maximum Gasteiger partial charge on any atom is 0.182 e. The normalized spacial score (nSPS) is 12.6. The largest absolute Gasteiger partial charge is 0.387 e. The molecule has 0 saturated heterocycles. The van der Waals surface area contributed by atoms with Crippen LogP contribution in [-0.2, 0) is 6.42 Å². The van der Waals surface area contributed by atoms with Gasteiger partial charge in [0.25, 0.3) is 0 Å². The van der Waals surface area contributed by atoms with Gasteiger partial charge in [0.15, 0.2) is 5.13 Å². The maximum atomic E-state index is 9.86. The number of rotatable bonds is 5. The molecule has 0 aromatic carbocycles. The Kier molecular flexibility index (Phi) is 3.93. The van der Waals surface area contributed by atoms with Crippen molar-refractivity contribution in [3.8, 4) is 0 Å². The predicted octanol–water partition coefficient (Wildman–Crippen LogP) is 2.91. The van der Waals surface area contributed by atoms with Crippen molar-refractivity contribution < 1.29 is 5.11 Å². The molecule has 0 spiro atoms. The predicted molar refractivity (Wildman–Crippen MR) is 69.3 cm³/mol. The maximum absolute atomic E-state index is 9.86. The minimum atomic E-state index is -0.458. The third-order valence-corrected chi connectivity index (χ3v) is 3.84. The second-order valence-corrected chi connectivity index (χ2v) is 5.09. The zero-order valence-electron chi connectivity index (χ0n) is 9.01. The Labute approximate surface area is 103 Å². The molecule has 0 aliphatic carbocycles. The molecule has 2 aromatic heterocycles. The molecular weight excluding hydrogens is 240 g/mol. The minimum Gasteiger partial charge on any atom is -0.387 e. The van der Waals surface area contributed by atoms with Gasteiger partial charge in [0.2, 0.25) is 0 Å². The zero-order valence-corrected chi connectivity index (χ0v) is 10.6. The summed E-state index contributed by atoms with van der Waals surface area (Å²) in [7, 11) is 0. The molecule has 0 radical (unpaired) electrons. The fraction of sp³-hybridized carbons (Fsp3) is 0.364. The van der Waals surface area contributed by atoms with E-state index in [4.69, 9.17) is 0 Å². The Morgan fingerprint density at radius 2 is 2.38 bits per heavy atom. The molecule has 0 amide bonds. The molecule has 0 bridgehead atoms. The molecule has 1 atom stereocenters. The van der Waals surface area contributed by atoms with Crippen molar-refractivity contribution in [3.05, 3.63) is 33.5 Å². The van der Waals surface area contributed by atoms with Crippen LogP contribution in [0.4, 0.5) is 5.13 Å². The van der Waals surface area contributed by atoms with Crippen molar-refractivity contribution in [2.45, 2.75) is 19.4 Å². The van der Waals surface area contributed by atoms with Crippen molar-refractivity contribution in [1.29, 1.82) is 0 Å². The van der Waals surface area contributed by atoms with Crippen LogP contribution in [0.15, 0.2) is 22.2 Å². The number of anilines is 1. The first-order valence-corrected chi connectivity index (χ1v) is 7.00. The summed E-state index contributed by atoms with van der Waals surface area (Å²) in [6.07, 6.45) is 0.492. The molecule has 1 unspecified atom stereocenters. The molecule has 5 heteroatoms. The van der Waals surface area contributed by atoms with Crippen LogP contribution in [0, 0.1) is 0 Å². The van der Waals surface area contributed by atoms with E-state index in [0.29, 0.717) is 6.54 Å². The van der Waals surface area contributed by atoms with E-state index in [9.17, 15) is 5.11 Å². The SMILES string of the molecule is CCc1csc(NCC(O)c2ccsc2)n1. The molecule has 16 heavy (non-hydrogen) atoms. The number of thiophene rings is 1.